The number of urea groups is 1. The predicted molar refractivity (Wildman–Crippen MR) is 121 cm³/mol. The van der Waals surface area contributed by atoms with Gasteiger partial charge in [0.15, 0.2) is 5.13 Å². The van der Waals surface area contributed by atoms with Crippen molar-refractivity contribution in [2.75, 3.05) is 28.4 Å². The molecule has 0 spiro atoms. The SMILES string of the molecule is COc1ccc(NC(C)=O)cc1NC(=O)c1csc(NC(=O)Nc2cccc(Cl)c2)n1. The average Bonchev–Trinajstić information content (AvgIpc) is 3.16. The van der Waals surface area contributed by atoms with Crippen LogP contribution in [0, 0.1) is 0 Å². The fourth-order valence-corrected chi connectivity index (χ4v) is 3.41. The first-order valence-electron chi connectivity index (χ1n) is 8.90. The number of aromatic nitrogens is 1. The van der Waals surface area contributed by atoms with Crippen molar-refractivity contribution in [2.45, 2.75) is 6.92 Å². The zero-order valence-corrected chi connectivity index (χ0v) is 18.1. The topological polar surface area (TPSA) is 121 Å². The van der Waals surface area contributed by atoms with E-state index < -0.39 is 11.9 Å². The number of halogens is 1. The number of amides is 4. The Morgan fingerprint density at radius 2 is 1.77 bits per heavy atom. The van der Waals surface area contributed by atoms with Crippen LogP contribution in [0.1, 0.15) is 17.4 Å². The first-order valence-corrected chi connectivity index (χ1v) is 10.2. The van der Waals surface area contributed by atoms with Crippen LogP contribution in [0.5, 0.6) is 5.75 Å². The summed E-state index contributed by atoms with van der Waals surface area (Å²) in [7, 11) is 1.46. The molecule has 0 bridgehead atoms. The van der Waals surface area contributed by atoms with Gasteiger partial charge in [0, 0.05) is 28.7 Å². The van der Waals surface area contributed by atoms with Crippen LogP contribution in [0.2, 0.25) is 5.02 Å². The molecule has 0 aliphatic carbocycles. The van der Waals surface area contributed by atoms with E-state index in [1.165, 1.54) is 19.4 Å². The number of rotatable bonds is 6. The second kappa shape index (κ2) is 9.92. The zero-order valence-electron chi connectivity index (χ0n) is 16.5. The van der Waals surface area contributed by atoms with Crippen LogP contribution in [0.25, 0.3) is 0 Å². The van der Waals surface area contributed by atoms with Crippen LogP contribution in [0.15, 0.2) is 47.8 Å². The number of ether oxygens (including phenoxy) is 1. The maximum Gasteiger partial charge on any atom is 0.325 e. The molecule has 4 N–H and O–H groups in total. The fraction of sp³-hybridized carbons (Fsp3) is 0.100. The average molecular weight is 460 g/mol. The Morgan fingerprint density at radius 1 is 1.00 bits per heavy atom. The Bertz CT molecular complexity index is 1130. The third-order valence-electron chi connectivity index (χ3n) is 3.81. The number of carbonyl (C=O) groups is 3. The van der Waals surface area contributed by atoms with Crippen LogP contribution >= 0.6 is 22.9 Å². The normalized spacial score (nSPS) is 10.2. The van der Waals surface area contributed by atoms with E-state index in [4.69, 9.17) is 16.3 Å². The summed E-state index contributed by atoms with van der Waals surface area (Å²) in [5.74, 6) is -0.330. The van der Waals surface area contributed by atoms with Gasteiger partial charge in [-0.1, -0.05) is 17.7 Å². The molecule has 2 aromatic carbocycles. The van der Waals surface area contributed by atoms with Crippen molar-refractivity contribution in [3.8, 4) is 5.75 Å². The quantitative estimate of drug-likeness (QED) is 0.427. The van der Waals surface area contributed by atoms with E-state index in [1.54, 1.807) is 42.5 Å². The van der Waals surface area contributed by atoms with Crippen molar-refractivity contribution in [3.05, 3.63) is 58.6 Å². The summed E-state index contributed by atoms with van der Waals surface area (Å²) < 4.78 is 5.24. The second-order valence-electron chi connectivity index (χ2n) is 6.18. The third-order valence-corrected chi connectivity index (χ3v) is 4.80. The summed E-state index contributed by atoms with van der Waals surface area (Å²) in [6.45, 7) is 1.38. The minimum atomic E-state index is -0.520. The van der Waals surface area contributed by atoms with Gasteiger partial charge in [0.05, 0.1) is 12.8 Å². The van der Waals surface area contributed by atoms with Crippen molar-refractivity contribution in [2.24, 2.45) is 0 Å². The molecule has 0 saturated heterocycles. The Kier molecular flexibility index (Phi) is 7.06. The lowest BCUT2D eigenvalue weighted by Gasteiger charge is -2.11. The molecule has 0 aliphatic rings. The maximum atomic E-state index is 12.6. The summed E-state index contributed by atoms with van der Waals surface area (Å²) in [6.07, 6.45) is 0. The molecule has 0 aliphatic heterocycles. The molecule has 1 heterocycles. The summed E-state index contributed by atoms with van der Waals surface area (Å²) in [6, 6.07) is 11.0. The van der Waals surface area contributed by atoms with Crippen LogP contribution in [-0.4, -0.2) is 29.9 Å². The number of nitrogens with zero attached hydrogens (tertiary/aromatic N) is 1. The zero-order chi connectivity index (χ0) is 22.4. The lowest BCUT2D eigenvalue weighted by molar-refractivity contribution is -0.114. The van der Waals surface area contributed by atoms with Crippen LogP contribution in [-0.2, 0) is 4.79 Å². The molecule has 9 nitrogen and oxygen atoms in total. The summed E-state index contributed by atoms with van der Waals surface area (Å²) in [4.78, 5) is 40.1. The third kappa shape index (κ3) is 6.17. The molecule has 3 rings (SSSR count). The van der Waals surface area contributed by atoms with Crippen molar-refractivity contribution in [1.82, 2.24) is 4.98 Å². The number of thiazole rings is 1. The summed E-state index contributed by atoms with van der Waals surface area (Å²) in [5.41, 5.74) is 1.49. The molecule has 0 atom stereocenters. The number of anilines is 4. The molecular formula is C20H18ClN5O4S. The Hall–Kier alpha value is -3.63. The molecule has 0 fully saturated rings. The van der Waals surface area contributed by atoms with Crippen molar-refractivity contribution in [1.29, 1.82) is 0 Å². The summed E-state index contributed by atoms with van der Waals surface area (Å²) in [5, 5.41) is 12.8. The van der Waals surface area contributed by atoms with E-state index in [-0.39, 0.29) is 16.7 Å². The Balaban J connectivity index is 1.66. The molecular weight excluding hydrogens is 442 g/mol. The Labute approximate surface area is 186 Å². The highest BCUT2D eigenvalue weighted by Gasteiger charge is 2.15. The van der Waals surface area contributed by atoms with E-state index in [0.717, 1.165) is 11.3 Å². The maximum absolute atomic E-state index is 12.6. The van der Waals surface area contributed by atoms with Crippen LogP contribution in [0.4, 0.5) is 27.0 Å². The first-order chi connectivity index (χ1) is 14.8. The number of hydrogen-bond donors (Lipinski definition) is 4. The van der Waals surface area contributed by atoms with Gasteiger partial charge in [0.1, 0.15) is 11.4 Å². The molecule has 0 unspecified atom stereocenters. The standard InChI is InChI=1S/C20H18ClN5O4S/c1-11(27)22-14-6-7-17(30-2)15(9-14)24-18(28)16-10-31-20(25-16)26-19(29)23-13-5-3-4-12(21)8-13/h3-10H,1-2H3,(H,22,27)(H,24,28)(H2,23,25,26,29). The predicted octanol–water partition coefficient (Wildman–Crippen LogP) is 4.66. The van der Waals surface area contributed by atoms with Gasteiger partial charge in [-0.15, -0.1) is 11.3 Å². The van der Waals surface area contributed by atoms with Gasteiger partial charge in [-0.2, -0.15) is 0 Å². The van der Waals surface area contributed by atoms with Gasteiger partial charge in [0.2, 0.25) is 5.91 Å². The van der Waals surface area contributed by atoms with Crippen LogP contribution < -0.4 is 26.0 Å². The number of benzene rings is 2. The van der Waals surface area contributed by atoms with Crippen molar-refractivity contribution in [3.63, 3.8) is 0 Å². The van der Waals surface area contributed by atoms with E-state index in [0.29, 0.717) is 27.8 Å². The number of carbonyl (C=O) groups excluding carboxylic acids is 3. The smallest absolute Gasteiger partial charge is 0.325 e. The number of nitrogens with one attached hydrogen (secondary N) is 4. The van der Waals surface area contributed by atoms with Crippen molar-refractivity contribution < 1.29 is 19.1 Å². The lowest BCUT2D eigenvalue weighted by atomic mass is 10.2. The Morgan fingerprint density at radius 3 is 2.48 bits per heavy atom. The number of methoxy groups -OCH3 is 1. The van der Waals surface area contributed by atoms with E-state index >= 15 is 0 Å². The fourth-order valence-electron chi connectivity index (χ4n) is 2.53. The van der Waals surface area contributed by atoms with Crippen LogP contribution in [0.3, 0.4) is 0 Å². The van der Waals surface area contributed by atoms with E-state index in [9.17, 15) is 14.4 Å². The van der Waals surface area contributed by atoms with Crippen molar-refractivity contribution >= 4 is 63.0 Å². The lowest BCUT2D eigenvalue weighted by Crippen LogP contribution is -2.19. The van der Waals surface area contributed by atoms with Gasteiger partial charge < -0.3 is 20.7 Å². The second-order valence-corrected chi connectivity index (χ2v) is 7.47. The number of hydrogen-bond acceptors (Lipinski definition) is 6. The minimum absolute atomic E-state index is 0.107. The highest BCUT2D eigenvalue weighted by Crippen LogP contribution is 2.28. The minimum Gasteiger partial charge on any atom is -0.495 e. The molecule has 160 valence electrons. The van der Waals surface area contributed by atoms with E-state index in [2.05, 4.69) is 26.3 Å². The molecule has 31 heavy (non-hydrogen) atoms. The molecule has 11 heteroatoms. The van der Waals surface area contributed by atoms with Gasteiger partial charge in [0.25, 0.3) is 5.91 Å². The van der Waals surface area contributed by atoms with E-state index in [1.807, 2.05) is 0 Å². The monoisotopic (exact) mass is 459 g/mol. The first kappa shape index (κ1) is 22.1. The highest BCUT2D eigenvalue weighted by atomic mass is 35.5. The molecule has 1 aromatic heterocycles. The summed E-state index contributed by atoms with van der Waals surface area (Å²) >= 11 is 6.99. The molecule has 3 aromatic rings. The van der Waals surface area contributed by atoms with Gasteiger partial charge in [-0.25, -0.2) is 9.78 Å². The molecule has 4 amide bonds. The largest absolute Gasteiger partial charge is 0.495 e. The van der Waals surface area contributed by atoms with Gasteiger partial charge >= 0.3 is 6.03 Å². The highest BCUT2D eigenvalue weighted by molar-refractivity contribution is 7.14. The molecule has 0 saturated carbocycles. The molecule has 0 radical (unpaired) electrons. The van der Waals surface area contributed by atoms with Gasteiger partial charge in [-0.05, 0) is 36.4 Å². The van der Waals surface area contributed by atoms with Gasteiger partial charge in [-0.3, -0.25) is 14.9 Å².